The molecule has 0 saturated carbocycles. The summed E-state index contributed by atoms with van der Waals surface area (Å²) in [5.74, 6) is 0. The maximum Gasteiger partial charge on any atom is 0.201 e. The van der Waals surface area contributed by atoms with Gasteiger partial charge in [-0.3, -0.25) is 0 Å². The molecule has 0 radical (unpaired) electrons. The van der Waals surface area contributed by atoms with E-state index in [9.17, 15) is 4.89 Å². The van der Waals surface area contributed by atoms with Crippen molar-refractivity contribution in [3.63, 3.8) is 0 Å². The Labute approximate surface area is 68.3 Å². The second kappa shape index (κ2) is 7.86. The molecular formula is C7H14NO2P. The third kappa shape index (κ3) is 7.66. The second-order valence-corrected chi connectivity index (χ2v) is 3.54. The first-order valence-corrected chi connectivity index (χ1v) is 5.15. The van der Waals surface area contributed by atoms with Gasteiger partial charge in [0.2, 0.25) is 7.94 Å². The number of hydrogen-bond acceptors (Lipinski definition) is 2. The Morgan fingerprint density at radius 2 is 2.09 bits per heavy atom. The number of rotatable bonds is 5. The van der Waals surface area contributed by atoms with E-state index in [4.69, 9.17) is 5.21 Å². The van der Waals surface area contributed by atoms with Crippen molar-refractivity contribution < 1.29 is 10.1 Å². The summed E-state index contributed by atoms with van der Waals surface area (Å²) in [7, 11) is -1.72. The van der Waals surface area contributed by atoms with Gasteiger partial charge in [0.25, 0.3) is 0 Å². The van der Waals surface area contributed by atoms with Gasteiger partial charge in [-0.1, -0.05) is 25.5 Å². The van der Waals surface area contributed by atoms with Gasteiger partial charge < -0.3 is 4.89 Å². The van der Waals surface area contributed by atoms with E-state index in [2.05, 4.69) is 17.9 Å². The average Bonchev–Trinajstić information content (AvgIpc) is 2.04. The Morgan fingerprint density at radius 3 is 2.64 bits per heavy atom. The lowest BCUT2D eigenvalue weighted by Gasteiger charge is -1.88. The second-order valence-electron chi connectivity index (χ2n) is 2.21. The fourth-order valence-corrected chi connectivity index (χ4v) is 1.09. The van der Waals surface area contributed by atoms with Crippen molar-refractivity contribution in [1.29, 1.82) is 0 Å². The lowest BCUT2D eigenvalue weighted by molar-refractivity contribution is -0.157. The van der Waals surface area contributed by atoms with Crippen molar-refractivity contribution in [2.75, 3.05) is 6.16 Å². The summed E-state index contributed by atoms with van der Waals surface area (Å²) in [6, 6.07) is 0. The van der Waals surface area contributed by atoms with Crippen molar-refractivity contribution in [2.24, 2.45) is 4.91 Å². The molecule has 11 heavy (non-hydrogen) atoms. The topological polar surface area (TPSA) is 55.7 Å². The molecule has 0 fully saturated rings. The molecule has 0 aromatic carbocycles. The van der Waals surface area contributed by atoms with Crippen LogP contribution in [0.4, 0.5) is 0 Å². The van der Waals surface area contributed by atoms with Crippen LogP contribution in [0.3, 0.4) is 0 Å². The van der Waals surface area contributed by atoms with Gasteiger partial charge in [0, 0.05) is 11.3 Å². The Bertz CT molecular complexity index is 145. The third-order valence-electron chi connectivity index (χ3n) is 1.21. The van der Waals surface area contributed by atoms with Gasteiger partial charge in [-0.05, 0) is 6.42 Å². The average molecular weight is 175 g/mol. The summed E-state index contributed by atoms with van der Waals surface area (Å²) in [4.78, 5) is 13.2. The quantitative estimate of drug-likeness (QED) is 0.395. The standard InChI is InChI=1S/C7H14NO2P/c1-2-3-4-5-6-7-11(10)8-9/h4-5,9H,2-3,6-7H2,1H3/b5-4+. The monoisotopic (exact) mass is 175 g/mol. The van der Waals surface area contributed by atoms with Crippen LogP contribution in [-0.2, 0) is 0 Å². The Balaban J connectivity index is 3.26. The van der Waals surface area contributed by atoms with Gasteiger partial charge in [-0.2, -0.15) is 0 Å². The molecule has 0 rings (SSSR count). The van der Waals surface area contributed by atoms with Crippen LogP contribution in [-0.4, -0.2) is 11.4 Å². The Kier molecular flexibility index (Phi) is 7.69. The predicted molar refractivity (Wildman–Crippen MR) is 44.7 cm³/mol. The molecule has 1 atom stereocenters. The zero-order chi connectivity index (χ0) is 8.53. The maximum absolute atomic E-state index is 10.5. The van der Waals surface area contributed by atoms with Crippen molar-refractivity contribution >= 4 is 7.94 Å². The van der Waals surface area contributed by atoms with Gasteiger partial charge in [-0.25, -0.2) is 5.21 Å². The first-order chi connectivity index (χ1) is 5.31. The minimum Gasteiger partial charge on any atom is -0.610 e. The Morgan fingerprint density at radius 1 is 1.45 bits per heavy atom. The summed E-state index contributed by atoms with van der Waals surface area (Å²) in [6.07, 6.45) is 7.41. The smallest absolute Gasteiger partial charge is 0.201 e. The van der Waals surface area contributed by atoms with Crippen molar-refractivity contribution in [1.82, 2.24) is 0 Å². The first-order valence-electron chi connectivity index (χ1n) is 3.76. The largest absolute Gasteiger partial charge is 0.610 e. The van der Waals surface area contributed by atoms with E-state index in [-0.39, 0.29) is 0 Å². The molecular weight excluding hydrogens is 161 g/mol. The number of unbranched alkanes of at least 4 members (excludes halogenated alkanes) is 1. The molecule has 0 amide bonds. The van der Waals surface area contributed by atoms with E-state index >= 15 is 0 Å². The highest BCUT2D eigenvalue weighted by molar-refractivity contribution is 7.39. The summed E-state index contributed by atoms with van der Waals surface area (Å²) in [6.45, 7) is 2.11. The molecule has 64 valence electrons. The molecule has 0 aromatic heterocycles. The molecule has 0 aromatic rings. The lowest BCUT2D eigenvalue weighted by atomic mass is 10.3. The van der Waals surface area contributed by atoms with Crippen LogP contribution in [0.5, 0.6) is 0 Å². The number of nitrogens with zero attached hydrogens (tertiary/aromatic N) is 1. The molecule has 4 heteroatoms. The highest BCUT2D eigenvalue weighted by Crippen LogP contribution is 2.13. The maximum atomic E-state index is 10.5. The summed E-state index contributed by atoms with van der Waals surface area (Å²) >= 11 is 0. The number of hydrogen-bond donors (Lipinski definition) is 1. The minimum atomic E-state index is -1.72. The highest BCUT2D eigenvalue weighted by Gasteiger charge is 1.93. The van der Waals surface area contributed by atoms with E-state index in [0.717, 1.165) is 19.3 Å². The summed E-state index contributed by atoms with van der Waals surface area (Å²) < 4.78 is 0. The fourth-order valence-electron chi connectivity index (χ4n) is 0.632. The van der Waals surface area contributed by atoms with Crippen LogP contribution >= 0.6 is 7.94 Å². The molecule has 0 aliphatic carbocycles. The minimum absolute atomic E-state index is 0.450. The van der Waals surface area contributed by atoms with Crippen molar-refractivity contribution in [2.45, 2.75) is 26.2 Å². The first kappa shape index (κ1) is 10.8. The van der Waals surface area contributed by atoms with Crippen molar-refractivity contribution in [3.8, 4) is 0 Å². The Hall–Kier alpha value is -0.240. The number of allylic oxidation sites excluding steroid dienone is 2. The highest BCUT2D eigenvalue weighted by atomic mass is 31.1. The molecule has 0 aliphatic heterocycles. The van der Waals surface area contributed by atoms with E-state index in [0.29, 0.717) is 6.16 Å². The molecule has 1 N–H and O–H groups in total. The summed E-state index contributed by atoms with van der Waals surface area (Å²) in [5.41, 5.74) is 0. The molecule has 0 bridgehead atoms. The van der Waals surface area contributed by atoms with Crippen molar-refractivity contribution in [3.05, 3.63) is 12.2 Å². The van der Waals surface area contributed by atoms with E-state index < -0.39 is 7.94 Å². The van der Waals surface area contributed by atoms with Gasteiger partial charge in [0.05, 0.1) is 0 Å². The molecule has 1 unspecified atom stereocenters. The zero-order valence-electron chi connectivity index (χ0n) is 6.73. The van der Waals surface area contributed by atoms with Crippen LogP contribution in [0, 0.1) is 0 Å². The van der Waals surface area contributed by atoms with Crippen LogP contribution in [0.25, 0.3) is 0 Å². The molecule has 0 spiro atoms. The molecule has 0 heterocycles. The zero-order valence-corrected chi connectivity index (χ0v) is 7.63. The van der Waals surface area contributed by atoms with E-state index in [1.165, 1.54) is 0 Å². The van der Waals surface area contributed by atoms with Gasteiger partial charge in [0.15, 0.2) is 0 Å². The van der Waals surface area contributed by atoms with Crippen LogP contribution < -0.4 is 4.89 Å². The van der Waals surface area contributed by atoms with E-state index in [1.54, 1.807) is 0 Å². The molecule has 0 aliphatic rings. The predicted octanol–water partition coefficient (Wildman–Crippen LogP) is 2.06. The van der Waals surface area contributed by atoms with Crippen LogP contribution in [0.2, 0.25) is 0 Å². The van der Waals surface area contributed by atoms with Gasteiger partial charge in [-0.15, -0.1) is 0 Å². The third-order valence-corrected chi connectivity index (χ3v) is 2.05. The normalized spacial score (nSPS) is 12.8. The fraction of sp³-hybridized carbons (Fsp3) is 0.714. The van der Waals surface area contributed by atoms with Crippen LogP contribution in [0.1, 0.15) is 26.2 Å². The molecule has 0 saturated heterocycles. The SMILES string of the molecule is CCC/C=C/CC[P+]([O-])=NO. The summed E-state index contributed by atoms with van der Waals surface area (Å²) in [5, 5.41) is 8.05. The van der Waals surface area contributed by atoms with Gasteiger partial charge in [0.1, 0.15) is 6.16 Å². The lowest BCUT2D eigenvalue weighted by Crippen LogP contribution is -1.90. The van der Waals surface area contributed by atoms with Crippen LogP contribution in [0.15, 0.2) is 17.1 Å². The van der Waals surface area contributed by atoms with E-state index in [1.807, 2.05) is 6.08 Å². The van der Waals surface area contributed by atoms with Gasteiger partial charge >= 0.3 is 0 Å². The molecule has 3 nitrogen and oxygen atoms in total.